The lowest BCUT2D eigenvalue weighted by molar-refractivity contribution is 0.102. The molecule has 0 aromatic heterocycles. The van der Waals surface area contributed by atoms with Crippen LogP contribution >= 0.6 is 0 Å². The monoisotopic (exact) mass is 346 g/mol. The molecule has 2 rings (SSSR count). The van der Waals surface area contributed by atoms with Gasteiger partial charge in [0.2, 0.25) is 10.0 Å². The second-order valence-corrected chi connectivity index (χ2v) is 7.68. The Morgan fingerprint density at radius 3 is 2.25 bits per heavy atom. The molecule has 0 unspecified atom stereocenters. The summed E-state index contributed by atoms with van der Waals surface area (Å²) in [7, 11) is -2.27. The molecule has 2 aromatic rings. The predicted molar refractivity (Wildman–Crippen MR) is 96.0 cm³/mol. The van der Waals surface area contributed by atoms with Crippen molar-refractivity contribution in [1.82, 2.24) is 4.72 Å². The molecule has 0 saturated carbocycles. The van der Waals surface area contributed by atoms with Crippen molar-refractivity contribution in [3.05, 3.63) is 58.1 Å². The highest BCUT2D eigenvalue weighted by Gasteiger charge is 2.19. The van der Waals surface area contributed by atoms with Crippen molar-refractivity contribution in [3.8, 4) is 0 Å². The third kappa shape index (κ3) is 3.49. The number of rotatable bonds is 4. The fraction of sp³-hybridized carbons (Fsp3) is 0.278. The smallest absolute Gasteiger partial charge is 0.255 e. The van der Waals surface area contributed by atoms with Crippen molar-refractivity contribution in [2.75, 3.05) is 12.4 Å². The minimum absolute atomic E-state index is 0.121. The van der Waals surface area contributed by atoms with Crippen molar-refractivity contribution >= 4 is 21.6 Å². The summed E-state index contributed by atoms with van der Waals surface area (Å²) in [5.41, 5.74) is 4.47. The van der Waals surface area contributed by atoms with Crippen LogP contribution < -0.4 is 10.0 Å². The number of nitrogens with one attached hydrogen (secondary N) is 2. The SMILES string of the molecule is CNS(=O)(=O)c1cc(C(=O)Nc2cccc(C)c2C)cc(C)c1C. The summed E-state index contributed by atoms with van der Waals surface area (Å²) in [4.78, 5) is 12.7. The number of anilines is 1. The maximum absolute atomic E-state index is 12.6. The van der Waals surface area contributed by atoms with E-state index in [1.807, 2.05) is 32.0 Å². The van der Waals surface area contributed by atoms with Crippen LogP contribution in [0.15, 0.2) is 35.2 Å². The first kappa shape index (κ1) is 18.2. The largest absolute Gasteiger partial charge is 0.322 e. The summed E-state index contributed by atoms with van der Waals surface area (Å²) in [6, 6.07) is 8.78. The number of hydrogen-bond donors (Lipinski definition) is 2. The van der Waals surface area contributed by atoms with Gasteiger partial charge in [-0.1, -0.05) is 12.1 Å². The van der Waals surface area contributed by atoms with Gasteiger partial charge in [0.25, 0.3) is 5.91 Å². The molecule has 2 aromatic carbocycles. The molecule has 24 heavy (non-hydrogen) atoms. The van der Waals surface area contributed by atoms with Gasteiger partial charge in [-0.3, -0.25) is 4.79 Å². The molecule has 0 atom stereocenters. The fourth-order valence-electron chi connectivity index (χ4n) is 2.43. The van der Waals surface area contributed by atoms with Crippen molar-refractivity contribution in [2.24, 2.45) is 0 Å². The van der Waals surface area contributed by atoms with Gasteiger partial charge in [0, 0.05) is 11.3 Å². The maximum Gasteiger partial charge on any atom is 0.255 e. The molecule has 0 fully saturated rings. The summed E-state index contributed by atoms with van der Waals surface area (Å²) >= 11 is 0. The molecule has 128 valence electrons. The minimum atomic E-state index is -3.63. The zero-order chi connectivity index (χ0) is 18.1. The Labute approximate surface area is 143 Å². The van der Waals surface area contributed by atoms with Gasteiger partial charge in [-0.05, 0) is 75.2 Å². The van der Waals surface area contributed by atoms with Crippen molar-refractivity contribution in [3.63, 3.8) is 0 Å². The van der Waals surface area contributed by atoms with Gasteiger partial charge in [-0.25, -0.2) is 13.1 Å². The molecule has 0 radical (unpaired) electrons. The van der Waals surface area contributed by atoms with Crippen molar-refractivity contribution < 1.29 is 13.2 Å². The van der Waals surface area contributed by atoms with E-state index >= 15 is 0 Å². The normalized spacial score (nSPS) is 11.4. The molecule has 6 heteroatoms. The van der Waals surface area contributed by atoms with Gasteiger partial charge in [0.05, 0.1) is 4.90 Å². The Bertz CT molecular complexity index is 903. The zero-order valence-electron chi connectivity index (χ0n) is 14.5. The molecule has 0 aliphatic carbocycles. The number of carbonyl (C=O) groups is 1. The number of hydrogen-bond acceptors (Lipinski definition) is 3. The molecule has 0 bridgehead atoms. The third-order valence-corrected chi connectivity index (χ3v) is 5.83. The Morgan fingerprint density at radius 2 is 1.62 bits per heavy atom. The molecule has 1 amide bonds. The summed E-state index contributed by atoms with van der Waals surface area (Å²) in [6.45, 7) is 7.42. The van der Waals surface area contributed by atoms with Crippen molar-refractivity contribution in [1.29, 1.82) is 0 Å². The van der Waals surface area contributed by atoms with E-state index in [0.717, 1.165) is 22.4 Å². The average molecular weight is 346 g/mol. The van der Waals surface area contributed by atoms with Gasteiger partial charge < -0.3 is 5.32 Å². The van der Waals surface area contributed by atoms with Crippen LogP contribution in [0.1, 0.15) is 32.6 Å². The highest BCUT2D eigenvalue weighted by Crippen LogP contribution is 2.23. The minimum Gasteiger partial charge on any atom is -0.322 e. The topological polar surface area (TPSA) is 75.3 Å². The average Bonchev–Trinajstić information content (AvgIpc) is 2.53. The summed E-state index contributed by atoms with van der Waals surface area (Å²) in [5, 5.41) is 2.86. The van der Waals surface area contributed by atoms with Crippen LogP contribution in [0, 0.1) is 27.7 Å². The quantitative estimate of drug-likeness (QED) is 0.893. The molecule has 0 aliphatic heterocycles. The van der Waals surface area contributed by atoms with Gasteiger partial charge in [-0.2, -0.15) is 0 Å². The van der Waals surface area contributed by atoms with E-state index in [2.05, 4.69) is 10.0 Å². The molecular formula is C18H22N2O3S. The number of benzene rings is 2. The molecule has 2 N–H and O–H groups in total. The van der Waals surface area contributed by atoms with Gasteiger partial charge >= 0.3 is 0 Å². The third-order valence-electron chi connectivity index (χ3n) is 4.29. The zero-order valence-corrected chi connectivity index (χ0v) is 15.3. The highest BCUT2D eigenvalue weighted by atomic mass is 32.2. The van der Waals surface area contributed by atoms with E-state index in [1.165, 1.54) is 13.1 Å². The molecular weight excluding hydrogens is 324 g/mol. The summed E-state index contributed by atoms with van der Waals surface area (Å²) in [5.74, 6) is -0.334. The van der Waals surface area contributed by atoms with E-state index in [9.17, 15) is 13.2 Å². The lowest BCUT2D eigenvalue weighted by Crippen LogP contribution is -2.21. The number of amides is 1. The van der Waals surface area contributed by atoms with Crippen LogP contribution in [0.3, 0.4) is 0 Å². The van der Waals surface area contributed by atoms with Gasteiger partial charge in [-0.15, -0.1) is 0 Å². The fourth-order valence-corrected chi connectivity index (χ4v) is 3.49. The van der Waals surface area contributed by atoms with Crippen LogP contribution in [0.2, 0.25) is 0 Å². The first-order valence-corrected chi connectivity index (χ1v) is 9.08. The molecule has 0 aliphatic rings. The number of carbonyl (C=O) groups excluding carboxylic acids is 1. The van der Waals surface area contributed by atoms with Crippen molar-refractivity contribution in [2.45, 2.75) is 32.6 Å². The predicted octanol–water partition coefficient (Wildman–Crippen LogP) is 3.08. The van der Waals surface area contributed by atoms with E-state index in [-0.39, 0.29) is 10.8 Å². The van der Waals surface area contributed by atoms with Crippen LogP contribution in [-0.2, 0) is 10.0 Å². The van der Waals surface area contributed by atoms with Gasteiger partial charge in [0.15, 0.2) is 0 Å². The molecule has 0 heterocycles. The lowest BCUT2D eigenvalue weighted by Gasteiger charge is -2.14. The van der Waals surface area contributed by atoms with Crippen LogP contribution in [0.4, 0.5) is 5.69 Å². The second kappa shape index (κ2) is 6.75. The Balaban J connectivity index is 2.46. The number of sulfonamides is 1. The van der Waals surface area contributed by atoms with E-state index in [1.54, 1.807) is 19.9 Å². The van der Waals surface area contributed by atoms with Crippen LogP contribution in [-0.4, -0.2) is 21.4 Å². The maximum atomic E-state index is 12.6. The van der Waals surface area contributed by atoms with E-state index in [0.29, 0.717) is 11.1 Å². The lowest BCUT2D eigenvalue weighted by atomic mass is 10.0. The highest BCUT2D eigenvalue weighted by molar-refractivity contribution is 7.89. The van der Waals surface area contributed by atoms with E-state index in [4.69, 9.17) is 0 Å². The van der Waals surface area contributed by atoms with Gasteiger partial charge in [0.1, 0.15) is 0 Å². The standard InChI is InChI=1S/C18H22N2O3S/c1-11-7-6-8-16(13(11)3)20-18(21)15-9-12(2)14(4)17(10-15)24(22,23)19-5/h6-10,19H,1-5H3,(H,20,21). The second-order valence-electron chi connectivity index (χ2n) is 5.83. The number of aryl methyl sites for hydroxylation is 2. The molecule has 0 spiro atoms. The summed E-state index contributed by atoms with van der Waals surface area (Å²) < 4.78 is 26.6. The Morgan fingerprint density at radius 1 is 0.958 bits per heavy atom. The van der Waals surface area contributed by atoms with Crippen LogP contribution in [0.25, 0.3) is 0 Å². The first-order valence-electron chi connectivity index (χ1n) is 7.59. The summed E-state index contributed by atoms with van der Waals surface area (Å²) in [6.07, 6.45) is 0. The van der Waals surface area contributed by atoms with Crippen LogP contribution in [0.5, 0.6) is 0 Å². The molecule has 5 nitrogen and oxygen atoms in total. The Hall–Kier alpha value is -2.18. The first-order chi connectivity index (χ1) is 11.2. The Kier molecular flexibility index (Phi) is 5.11. The molecule has 0 saturated heterocycles. The van der Waals surface area contributed by atoms with E-state index < -0.39 is 10.0 Å².